The Morgan fingerprint density at radius 2 is 1.62 bits per heavy atom. The Balaban J connectivity index is 0.00000114. The van der Waals surface area contributed by atoms with Crippen molar-refractivity contribution in [2.24, 2.45) is 5.92 Å². The molecular formula is C27H35F3N2. The van der Waals surface area contributed by atoms with Gasteiger partial charge >= 0.3 is 6.18 Å². The second kappa shape index (κ2) is 12.6. The SMILES string of the molecule is CC#N.CC(C)N(CCCc1ccc(C2CCC(C(F)(F)F)C2)cc1)Cc1ccccc1. The largest absolute Gasteiger partial charge is 0.391 e. The molecule has 2 unspecified atom stereocenters. The zero-order valence-corrected chi connectivity index (χ0v) is 19.4. The first-order valence-corrected chi connectivity index (χ1v) is 11.5. The summed E-state index contributed by atoms with van der Waals surface area (Å²) in [5, 5.41) is 7.32. The van der Waals surface area contributed by atoms with Gasteiger partial charge in [-0.15, -0.1) is 0 Å². The second-order valence-electron chi connectivity index (χ2n) is 8.87. The van der Waals surface area contributed by atoms with Gasteiger partial charge in [0.1, 0.15) is 0 Å². The highest BCUT2D eigenvalue weighted by Gasteiger charge is 2.44. The third-order valence-electron chi connectivity index (χ3n) is 6.22. The van der Waals surface area contributed by atoms with Crippen LogP contribution in [0, 0.1) is 17.2 Å². The number of aryl methyl sites for hydroxylation is 1. The maximum absolute atomic E-state index is 12.9. The van der Waals surface area contributed by atoms with Gasteiger partial charge in [-0.3, -0.25) is 4.90 Å². The van der Waals surface area contributed by atoms with E-state index in [9.17, 15) is 13.2 Å². The number of alkyl halides is 3. The molecule has 0 heterocycles. The van der Waals surface area contributed by atoms with Gasteiger partial charge in [0.15, 0.2) is 0 Å². The summed E-state index contributed by atoms with van der Waals surface area (Å²) in [6, 6.07) is 21.1. The summed E-state index contributed by atoms with van der Waals surface area (Å²) in [5.74, 6) is -1.07. The number of nitrogens with zero attached hydrogens (tertiary/aromatic N) is 2. The molecule has 174 valence electrons. The van der Waals surface area contributed by atoms with E-state index in [1.54, 1.807) is 6.07 Å². The van der Waals surface area contributed by atoms with Crippen molar-refractivity contribution in [2.45, 2.75) is 77.6 Å². The van der Waals surface area contributed by atoms with Crippen LogP contribution in [0.4, 0.5) is 13.2 Å². The Hall–Kier alpha value is -2.32. The highest BCUT2D eigenvalue weighted by molar-refractivity contribution is 5.26. The Labute approximate surface area is 191 Å². The third kappa shape index (κ3) is 8.31. The Morgan fingerprint density at radius 3 is 2.16 bits per heavy atom. The first-order valence-electron chi connectivity index (χ1n) is 11.5. The van der Waals surface area contributed by atoms with Crippen molar-refractivity contribution in [1.29, 1.82) is 5.26 Å². The highest BCUT2D eigenvalue weighted by atomic mass is 19.4. The molecule has 2 aromatic carbocycles. The summed E-state index contributed by atoms with van der Waals surface area (Å²) >= 11 is 0. The predicted octanol–water partition coefficient (Wildman–Crippen LogP) is 7.51. The number of hydrogen-bond donors (Lipinski definition) is 0. The van der Waals surface area contributed by atoms with Gasteiger partial charge in [0.2, 0.25) is 0 Å². The molecule has 1 saturated carbocycles. The lowest BCUT2D eigenvalue weighted by molar-refractivity contribution is -0.172. The molecule has 0 spiro atoms. The molecule has 1 aliphatic rings. The molecular weight excluding hydrogens is 409 g/mol. The van der Waals surface area contributed by atoms with Crippen LogP contribution in [-0.4, -0.2) is 23.7 Å². The van der Waals surface area contributed by atoms with Gasteiger partial charge in [0.05, 0.1) is 12.0 Å². The average molecular weight is 445 g/mol. The zero-order valence-electron chi connectivity index (χ0n) is 19.4. The van der Waals surface area contributed by atoms with E-state index in [0.717, 1.165) is 31.5 Å². The smallest absolute Gasteiger partial charge is 0.297 e. The normalized spacial score (nSPS) is 18.3. The minimum absolute atomic E-state index is 0.0537. The van der Waals surface area contributed by atoms with Crippen molar-refractivity contribution in [1.82, 2.24) is 4.90 Å². The van der Waals surface area contributed by atoms with Crippen molar-refractivity contribution in [3.8, 4) is 6.07 Å². The standard InChI is InChI=1S/C25H32F3N.C2H3N/c1-19(2)29(18-21-7-4-3-5-8-21)16-6-9-20-10-12-22(13-11-20)23-14-15-24(17-23)25(26,27)28;1-2-3/h3-5,7-8,10-13,19,23-24H,6,9,14-18H2,1-2H3;1H3. The van der Waals surface area contributed by atoms with Crippen molar-refractivity contribution in [3.05, 3.63) is 71.3 Å². The average Bonchev–Trinajstić information content (AvgIpc) is 3.26. The molecule has 1 fully saturated rings. The molecule has 0 radical (unpaired) electrons. The Kier molecular flexibility index (Phi) is 10.3. The topological polar surface area (TPSA) is 27.0 Å². The van der Waals surface area contributed by atoms with Gasteiger partial charge in [-0.2, -0.15) is 18.4 Å². The van der Waals surface area contributed by atoms with Gasteiger partial charge in [0.25, 0.3) is 0 Å². The van der Waals surface area contributed by atoms with E-state index in [1.807, 2.05) is 18.2 Å². The molecule has 32 heavy (non-hydrogen) atoms. The van der Waals surface area contributed by atoms with Gasteiger partial charge in [-0.1, -0.05) is 54.6 Å². The van der Waals surface area contributed by atoms with Crippen LogP contribution < -0.4 is 0 Å². The first kappa shape index (κ1) is 25.9. The van der Waals surface area contributed by atoms with Gasteiger partial charge < -0.3 is 0 Å². The number of rotatable bonds is 8. The van der Waals surface area contributed by atoms with Crippen LogP contribution in [0.1, 0.15) is 69.1 Å². The molecule has 0 bridgehead atoms. The highest BCUT2D eigenvalue weighted by Crippen LogP contribution is 2.45. The molecule has 0 saturated heterocycles. The molecule has 3 rings (SSSR count). The maximum atomic E-state index is 12.9. The summed E-state index contributed by atoms with van der Waals surface area (Å²) in [6.45, 7) is 7.88. The Morgan fingerprint density at radius 1 is 1.00 bits per heavy atom. The van der Waals surface area contributed by atoms with E-state index in [2.05, 4.69) is 55.1 Å². The van der Waals surface area contributed by atoms with Crippen LogP contribution in [0.15, 0.2) is 54.6 Å². The Bertz CT molecular complexity index is 823. The predicted molar refractivity (Wildman–Crippen MR) is 124 cm³/mol. The molecule has 0 N–H and O–H groups in total. The number of hydrogen-bond acceptors (Lipinski definition) is 2. The van der Waals surface area contributed by atoms with Crippen molar-refractivity contribution in [3.63, 3.8) is 0 Å². The number of halogens is 3. The van der Waals surface area contributed by atoms with Gasteiger partial charge in [-0.25, -0.2) is 0 Å². The van der Waals surface area contributed by atoms with E-state index >= 15 is 0 Å². The summed E-state index contributed by atoms with van der Waals surface area (Å²) in [7, 11) is 0. The van der Waals surface area contributed by atoms with E-state index in [1.165, 1.54) is 18.1 Å². The number of nitriles is 1. The fourth-order valence-corrected chi connectivity index (χ4v) is 4.36. The summed E-state index contributed by atoms with van der Waals surface area (Å²) in [4.78, 5) is 2.49. The lowest BCUT2D eigenvalue weighted by Crippen LogP contribution is -2.31. The minimum atomic E-state index is -4.04. The monoisotopic (exact) mass is 444 g/mol. The van der Waals surface area contributed by atoms with Gasteiger partial charge in [0, 0.05) is 19.5 Å². The lowest BCUT2D eigenvalue weighted by atomic mass is 9.94. The van der Waals surface area contributed by atoms with E-state index in [-0.39, 0.29) is 18.8 Å². The van der Waals surface area contributed by atoms with Crippen LogP contribution >= 0.6 is 0 Å². The van der Waals surface area contributed by atoms with Crippen LogP contribution in [0.2, 0.25) is 0 Å². The maximum Gasteiger partial charge on any atom is 0.391 e. The van der Waals surface area contributed by atoms with Crippen LogP contribution in [0.25, 0.3) is 0 Å². The van der Waals surface area contributed by atoms with Crippen molar-refractivity contribution in [2.75, 3.05) is 6.54 Å². The number of benzene rings is 2. The zero-order chi connectivity index (χ0) is 23.6. The molecule has 5 heteroatoms. The van der Waals surface area contributed by atoms with Crippen molar-refractivity contribution >= 4 is 0 Å². The van der Waals surface area contributed by atoms with Gasteiger partial charge in [-0.05, 0) is 75.1 Å². The summed E-state index contributed by atoms with van der Waals surface area (Å²) in [5.41, 5.74) is 3.66. The minimum Gasteiger partial charge on any atom is -0.297 e. The second-order valence-corrected chi connectivity index (χ2v) is 8.87. The van der Waals surface area contributed by atoms with Crippen LogP contribution in [0.5, 0.6) is 0 Å². The third-order valence-corrected chi connectivity index (χ3v) is 6.22. The molecule has 0 aliphatic heterocycles. The molecule has 2 aromatic rings. The van der Waals surface area contributed by atoms with E-state index in [0.29, 0.717) is 12.5 Å². The van der Waals surface area contributed by atoms with Crippen LogP contribution in [0.3, 0.4) is 0 Å². The summed E-state index contributed by atoms with van der Waals surface area (Å²) < 4.78 is 38.7. The van der Waals surface area contributed by atoms with Crippen LogP contribution in [-0.2, 0) is 13.0 Å². The lowest BCUT2D eigenvalue weighted by Gasteiger charge is -2.26. The van der Waals surface area contributed by atoms with Crippen molar-refractivity contribution < 1.29 is 13.2 Å². The molecule has 2 atom stereocenters. The van der Waals surface area contributed by atoms with E-state index < -0.39 is 12.1 Å². The van der Waals surface area contributed by atoms with E-state index in [4.69, 9.17) is 5.26 Å². The molecule has 1 aliphatic carbocycles. The molecule has 0 amide bonds. The fourth-order valence-electron chi connectivity index (χ4n) is 4.36. The molecule has 2 nitrogen and oxygen atoms in total. The molecule has 0 aromatic heterocycles. The first-order chi connectivity index (χ1) is 15.2. The summed E-state index contributed by atoms with van der Waals surface area (Å²) in [6.07, 6.45) is -0.824. The quantitative estimate of drug-likeness (QED) is 0.421. The fraction of sp³-hybridized carbons (Fsp3) is 0.519.